The topological polar surface area (TPSA) is 41.6 Å². The summed E-state index contributed by atoms with van der Waals surface area (Å²) in [5, 5.41) is 3.21. The van der Waals surface area contributed by atoms with E-state index in [0.717, 1.165) is 18.5 Å². The summed E-state index contributed by atoms with van der Waals surface area (Å²) in [7, 11) is 3.42. The molecule has 1 amide bonds. The molecule has 0 aliphatic rings. The summed E-state index contributed by atoms with van der Waals surface area (Å²) in [5.41, 5.74) is 0.774. The van der Waals surface area contributed by atoms with Crippen molar-refractivity contribution in [3.63, 3.8) is 0 Å². The number of carbonyl (C=O) groups excluding carboxylic acids is 1. The predicted molar refractivity (Wildman–Crippen MR) is 77.2 cm³/mol. The Hall–Kier alpha value is -1.62. The van der Waals surface area contributed by atoms with Gasteiger partial charge in [0.2, 0.25) is 5.91 Å². The summed E-state index contributed by atoms with van der Waals surface area (Å²) in [6, 6.07) is 4.44. The van der Waals surface area contributed by atoms with Crippen LogP contribution in [0.25, 0.3) is 0 Å². The zero-order valence-corrected chi connectivity index (χ0v) is 12.4. The van der Waals surface area contributed by atoms with Crippen molar-refractivity contribution < 1.29 is 13.9 Å². The number of hydrogen-bond acceptors (Lipinski definition) is 3. The zero-order chi connectivity index (χ0) is 15.0. The third-order valence-electron chi connectivity index (χ3n) is 2.84. The van der Waals surface area contributed by atoms with Crippen molar-refractivity contribution >= 4 is 5.91 Å². The summed E-state index contributed by atoms with van der Waals surface area (Å²) >= 11 is 0. The van der Waals surface area contributed by atoms with Gasteiger partial charge in [-0.15, -0.1) is 0 Å². The van der Waals surface area contributed by atoms with E-state index < -0.39 is 0 Å². The third-order valence-corrected chi connectivity index (χ3v) is 2.84. The van der Waals surface area contributed by atoms with Crippen LogP contribution in [0.4, 0.5) is 4.39 Å². The van der Waals surface area contributed by atoms with Gasteiger partial charge in [0.15, 0.2) is 0 Å². The molecular formula is C15H23FN2O2. The largest absolute Gasteiger partial charge is 0.493 e. The van der Waals surface area contributed by atoms with Crippen LogP contribution in [0.2, 0.25) is 0 Å². The van der Waals surface area contributed by atoms with Crippen molar-refractivity contribution in [3.8, 4) is 5.75 Å². The molecule has 4 nitrogen and oxygen atoms in total. The molecule has 0 aromatic heterocycles. The van der Waals surface area contributed by atoms with Gasteiger partial charge in [0.05, 0.1) is 13.0 Å². The Morgan fingerprint density at radius 2 is 2.15 bits per heavy atom. The van der Waals surface area contributed by atoms with Crippen molar-refractivity contribution in [1.29, 1.82) is 0 Å². The minimum Gasteiger partial charge on any atom is -0.493 e. The van der Waals surface area contributed by atoms with Gasteiger partial charge in [-0.25, -0.2) is 4.39 Å². The van der Waals surface area contributed by atoms with Gasteiger partial charge in [-0.3, -0.25) is 4.79 Å². The van der Waals surface area contributed by atoms with Gasteiger partial charge in [0.25, 0.3) is 0 Å². The highest BCUT2D eigenvalue weighted by atomic mass is 19.1. The van der Waals surface area contributed by atoms with Crippen molar-refractivity contribution in [2.24, 2.45) is 0 Å². The lowest BCUT2D eigenvalue weighted by Crippen LogP contribution is -2.23. The molecule has 0 spiro atoms. The van der Waals surface area contributed by atoms with E-state index in [1.165, 1.54) is 17.0 Å². The molecule has 1 aromatic carbocycles. The summed E-state index contributed by atoms with van der Waals surface area (Å²) in [6.45, 7) is 3.80. The molecule has 0 saturated heterocycles. The van der Waals surface area contributed by atoms with Crippen LogP contribution in [0, 0.1) is 5.82 Å². The molecule has 1 rings (SSSR count). The Bertz CT molecular complexity index is 436. The molecule has 112 valence electrons. The summed E-state index contributed by atoms with van der Waals surface area (Å²) in [5.74, 6) is 0.356. The normalized spacial score (nSPS) is 10.4. The van der Waals surface area contributed by atoms with Crippen LogP contribution in [0.15, 0.2) is 18.2 Å². The first-order valence-electron chi connectivity index (χ1n) is 6.86. The second kappa shape index (κ2) is 8.53. The molecule has 0 radical (unpaired) electrons. The maximum absolute atomic E-state index is 13.3. The van der Waals surface area contributed by atoms with Crippen molar-refractivity contribution in [3.05, 3.63) is 29.6 Å². The summed E-state index contributed by atoms with van der Waals surface area (Å²) < 4.78 is 18.9. The Morgan fingerprint density at radius 3 is 2.80 bits per heavy atom. The quantitative estimate of drug-likeness (QED) is 0.743. The van der Waals surface area contributed by atoms with E-state index in [1.807, 2.05) is 0 Å². The van der Waals surface area contributed by atoms with Gasteiger partial charge in [-0.2, -0.15) is 0 Å². The standard InChI is InChI=1S/C15H23FN2O2/c1-4-8-17-11-12-10-13(16)5-6-14(12)20-9-7-15(19)18(2)3/h5-6,10,17H,4,7-9,11H2,1-3H3. The molecule has 1 aromatic rings. The van der Waals surface area contributed by atoms with E-state index in [4.69, 9.17) is 4.74 Å². The van der Waals surface area contributed by atoms with Gasteiger partial charge >= 0.3 is 0 Å². The zero-order valence-electron chi connectivity index (χ0n) is 12.4. The first-order valence-corrected chi connectivity index (χ1v) is 6.86. The van der Waals surface area contributed by atoms with Crippen LogP contribution in [0.5, 0.6) is 5.75 Å². The predicted octanol–water partition coefficient (Wildman–Crippen LogP) is 2.18. The Balaban J connectivity index is 2.57. The number of hydrogen-bond donors (Lipinski definition) is 1. The highest BCUT2D eigenvalue weighted by Gasteiger charge is 2.08. The fraction of sp³-hybridized carbons (Fsp3) is 0.533. The fourth-order valence-corrected chi connectivity index (χ4v) is 1.70. The van der Waals surface area contributed by atoms with E-state index in [2.05, 4.69) is 12.2 Å². The molecule has 0 aliphatic carbocycles. The minimum atomic E-state index is -0.282. The van der Waals surface area contributed by atoms with Crippen LogP contribution in [-0.2, 0) is 11.3 Å². The van der Waals surface area contributed by atoms with Crippen molar-refractivity contribution in [1.82, 2.24) is 10.2 Å². The molecule has 5 heteroatoms. The van der Waals surface area contributed by atoms with Crippen LogP contribution in [0.1, 0.15) is 25.3 Å². The van der Waals surface area contributed by atoms with E-state index >= 15 is 0 Å². The van der Waals surface area contributed by atoms with E-state index in [9.17, 15) is 9.18 Å². The molecule has 0 atom stereocenters. The third kappa shape index (κ3) is 5.57. The Morgan fingerprint density at radius 1 is 1.40 bits per heavy atom. The van der Waals surface area contributed by atoms with Gasteiger partial charge in [-0.05, 0) is 31.2 Å². The number of amides is 1. The molecule has 0 saturated carbocycles. The fourth-order valence-electron chi connectivity index (χ4n) is 1.70. The van der Waals surface area contributed by atoms with Crippen LogP contribution < -0.4 is 10.1 Å². The molecule has 20 heavy (non-hydrogen) atoms. The number of ether oxygens (including phenoxy) is 1. The highest BCUT2D eigenvalue weighted by Crippen LogP contribution is 2.20. The van der Waals surface area contributed by atoms with Gasteiger partial charge < -0.3 is 15.0 Å². The van der Waals surface area contributed by atoms with Crippen molar-refractivity contribution in [2.75, 3.05) is 27.2 Å². The number of carbonyl (C=O) groups is 1. The second-order valence-corrected chi connectivity index (χ2v) is 4.82. The van der Waals surface area contributed by atoms with Crippen LogP contribution >= 0.6 is 0 Å². The Labute approximate surface area is 119 Å². The summed E-state index contributed by atoms with van der Waals surface area (Å²) in [4.78, 5) is 13.0. The molecule has 0 bridgehead atoms. The van der Waals surface area contributed by atoms with Crippen LogP contribution in [0.3, 0.4) is 0 Å². The SMILES string of the molecule is CCCNCc1cc(F)ccc1OCCC(=O)N(C)C. The monoisotopic (exact) mass is 282 g/mol. The molecular weight excluding hydrogens is 259 g/mol. The van der Waals surface area contributed by atoms with E-state index in [-0.39, 0.29) is 11.7 Å². The maximum atomic E-state index is 13.3. The lowest BCUT2D eigenvalue weighted by atomic mass is 10.2. The molecule has 0 fully saturated rings. The Kier molecular flexibility index (Phi) is 7.01. The number of rotatable bonds is 8. The lowest BCUT2D eigenvalue weighted by Gasteiger charge is -2.14. The first-order chi connectivity index (χ1) is 9.54. The molecule has 0 unspecified atom stereocenters. The van der Waals surface area contributed by atoms with Crippen LogP contribution in [-0.4, -0.2) is 38.1 Å². The molecule has 0 heterocycles. The number of nitrogens with one attached hydrogen (secondary N) is 1. The molecule has 1 N–H and O–H groups in total. The lowest BCUT2D eigenvalue weighted by molar-refractivity contribution is -0.129. The number of nitrogens with zero attached hydrogens (tertiary/aromatic N) is 1. The summed E-state index contributed by atoms with van der Waals surface area (Å²) in [6.07, 6.45) is 1.33. The highest BCUT2D eigenvalue weighted by molar-refractivity contribution is 5.75. The van der Waals surface area contributed by atoms with E-state index in [1.54, 1.807) is 20.2 Å². The smallest absolute Gasteiger partial charge is 0.225 e. The number of benzene rings is 1. The minimum absolute atomic E-state index is 0.0118. The average Bonchev–Trinajstić information content (AvgIpc) is 2.41. The maximum Gasteiger partial charge on any atom is 0.225 e. The average molecular weight is 282 g/mol. The van der Waals surface area contributed by atoms with Gasteiger partial charge in [0, 0.05) is 26.2 Å². The second-order valence-electron chi connectivity index (χ2n) is 4.82. The molecule has 0 aliphatic heterocycles. The number of halogens is 1. The van der Waals surface area contributed by atoms with Gasteiger partial charge in [0.1, 0.15) is 11.6 Å². The van der Waals surface area contributed by atoms with Crippen molar-refractivity contribution in [2.45, 2.75) is 26.3 Å². The van der Waals surface area contributed by atoms with E-state index in [0.29, 0.717) is 25.3 Å². The van der Waals surface area contributed by atoms with Gasteiger partial charge in [-0.1, -0.05) is 6.92 Å². The first kappa shape index (κ1) is 16.4.